The van der Waals surface area contributed by atoms with Crippen LogP contribution in [0.1, 0.15) is 36.5 Å². The van der Waals surface area contributed by atoms with E-state index in [1.807, 2.05) is 0 Å². The van der Waals surface area contributed by atoms with Crippen molar-refractivity contribution in [1.29, 1.82) is 0 Å². The molecule has 0 aliphatic heterocycles. The first-order valence-corrected chi connectivity index (χ1v) is 13.2. The minimum atomic E-state index is 0.00469. The van der Waals surface area contributed by atoms with Crippen LogP contribution in [-0.2, 0) is 0 Å². The van der Waals surface area contributed by atoms with E-state index >= 15 is 0 Å². The van der Waals surface area contributed by atoms with Crippen molar-refractivity contribution >= 4 is 21.5 Å². The summed E-state index contributed by atoms with van der Waals surface area (Å²) in [5.74, 6) is 1.80. The maximum absolute atomic E-state index is 6.47. The lowest BCUT2D eigenvalue weighted by molar-refractivity contribution is 0.221. The first kappa shape index (κ1) is 24.9. The molecule has 1 unspecified atom stereocenters. The zero-order valence-corrected chi connectivity index (χ0v) is 22.0. The molecule has 0 aliphatic carbocycles. The molecule has 3 nitrogen and oxygen atoms in total. The van der Waals surface area contributed by atoms with Crippen LogP contribution in [0.15, 0.2) is 103 Å². The fourth-order valence-electron chi connectivity index (χ4n) is 5.32. The summed E-state index contributed by atoms with van der Waals surface area (Å²) in [6.07, 6.45) is 0. The third-order valence-electron chi connectivity index (χ3n) is 7.35. The zero-order valence-electron chi connectivity index (χ0n) is 22.0. The standard InChI is InChI=1S/C34H35NO2/c1-4-35(5-2)22-23-37-33-17-11-10-16-31(33)34(25-18-20-27(36-3)21-19-25)32-24-26-12-6-7-13-28(26)29-14-8-9-15-30(29)32/h6-21,24,34H,4-5,22-23H2,1-3H3. The van der Waals surface area contributed by atoms with Gasteiger partial charge in [0, 0.05) is 18.0 Å². The third-order valence-corrected chi connectivity index (χ3v) is 7.35. The van der Waals surface area contributed by atoms with Crippen molar-refractivity contribution in [2.45, 2.75) is 19.8 Å². The Hall–Kier alpha value is -3.82. The second kappa shape index (κ2) is 11.5. The maximum atomic E-state index is 6.47. The second-order valence-electron chi connectivity index (χ2n) is 9.35. The minimum Gasteiger partial charge on any atom is -0.497 e. The van der Waals surface area contributed by atoms with Gasteiger partial charge < -0.3 is 14.4 Å². The Morgan fingerprint density at radius 2 is 1.32 bits per heavy atom. The fourth-order valence-corrected chi connectivity index (χ4v) is 5.32. The molecule has 0 saturated heterocycles. The van der Waals surface area contributed by atoms with E-state index in [1.54, 1.807) is 7.11 Å². The van der Waals surface area contributed by atoms with Gasteiger partial charge in [0.15, 0.2) is 0 Å². The van der Waals surface area contributed by atoms with E-state index in [4.69, 9.17) is 9.47 Å². The largest absolute Gasteiger partial charge is 0.497 e. The van der Waals surface area contributed by atoms with Gasteiger partial charge in [0.2, 0.25) is 0 Å². The summed E-state index contributed by atoms with van der Waals surface area (Å²) in [5.41, 5.74) is 3.66. The fraction of sp³-hybridized carbons (Fsp3) is 0.235. The van der Waals surface area contributed by atoms with Crippen LogP contribution in [0.5, 0.6) is 11.5 Å². The Kier molecular flexibility index (Phi) is 7.72. The predicted molar refractivity (Wildman–Crippen MR) is 155 cm³/mol. The maximum Gasteiger partial charge on any atom is 0.123 e. The van der Waals surface area contributed by atoms with Gasteiger partial charge in [-0.05, 0) is 70.0 Å². The molecule has 188 valence electrons. The molecule has 37 heavy (non-hydrogen) atoms. The van der Waals surface area contributed by atoms with Crippen molar-refractivity contribution in [3.63, 3.8) is 0 Å². The molecule has 3 heteroatoms. The Morgan fingerprint density at radius 1 is 0.676 bits per heavy atom. The average Bonchev–Trinajstić information content (AvgIpc) is 2.96. The van der Waals surface area contributed by atoms with Crippen molar-refractivity contribution in [3.05, 3.63) is 120 Å². The molecule has 0 heterocycles. The topological polar surface area (TPSA) is 21.7 Å². The minimum absolute atomic E-state index is 0.00469. The van der Waals surface area contributed by atoms with Crippen molar-refractivity contribution in [1.82, 2.24) is 4.90 Å². The zero-order chi connectivity index (χ0) is 25.6. The lowest BCUT2D eigenvalue weighted by atomic mass is 9.81. The number of rotatable bonds is 10. The lowest BCUT2D eigenvalue weighted by Gasteiger charge is -2.25. The molecule has 0 N–H and O–H groups in total. The van der Waals surface area contributed by atoms with Crippen molar-refractivity contribution in [2.24, 2.45) is 0 Å². The predicted octanol–water partition coefficient (Wildman–Crippen LogP) is 7.90. The summed E-state index contributed by atoms with van der Waals surface area (Å²) in [7, 11) is 1.71. The molecule has 0 saturated carbocycles. The first-order valence-electron chi connectivity index (χ1n) is 13.2. The Morgan fingerprint density at radius 3 is 2.05 bits per heavy atom. The lowest BCUT2D eigenvalue weighted by Crippen LogP contribution is -2.28. The molecular formula is C34H35NO2. The van der Waals surface area contributed by atoms with E-state index < -0.39 is 0 Å². The molecule has 1 atom stereocenters. The SMILES string of the molecule is CCN(CC)CCOc1ccccc1C(c1ccc(OC)cc1)c1cc2ccccc2c2ccccc12. The van der Waals surface area contributed by atoms with E-state index in [9.17, 15) is 0 Å². The van der Waals surface area contributed by atoms with Crippen LogP contribution < -0.4 is 9.47 Å². The van der Waals surface area contributed by atoms with Gasteiger partial charge in [0.25, 0.3) is 0 Å². The van der Waals surface area contributed by atoms with Gasteiger partial charge in [-0.15, -0.1) is 0 Å². The Labute approximate surface area is 220 Å². The Balaban J connectivity index is 1.68. The highest BCUT2D eigenvalue weighted by molar-refractivity contribution is 6.09. The molecule has 5 aromatic carbocycles. The van der Waals surface area contributed by atoms with E-state index in [1.165, 1.54) is 38.2 Å². The highest BCUT2D eigenvalue weighted by Crippen LogP contribution is 2.42. The summed E-state index contributed by atoms with van der Waals surface area (Å²) in [5, 5.41) is 5.06. The van der Waals surface area contributed by atoms with Gasteiger partial charge in [0.05, 0.1) is 7.11 Å². The van der Waals surface area contributed by atoms with Gasteiger partial charge in [-0.1, -0.05) is 92.7 Å². The van der Waals surface area contributed by atoms with E-state index in [-0.39, 0.29) is 5.92 Å². The summed E-state index contributed by atoms with van der Waals surface area (Å²) in [4.78, 5) is 2.39. The van der Waals surface area contributed by atoms with Gasteiger partial charge >= 0.3 is 0 Å². The summed E-state index contributed by atoms with van der Waals surface area (Å²) in [6, 6.07) is 36.7. The van der Waals surface area contributed by atoms with E-state index in [0.717, 1.165) is 31.1 Å². The molecule has 0 bridgehead atoms. The molecule has 0 spiro atoms. The number of ether oxygens (including phenoxy) is 2. The van der Waals surface area contributed by atoms with Gasteiger partial charge in [-0.3, -0.25) is 0 Å². The smallest absolute Gasteiger partial charge is 0.123 e. The third kappa shape index (κ3) is 5.19. The molecule has 0 aliphatic rings. The summed E-state index contributed by atoms with van der Waals surface area (Å²) in [6.45, 7) is 8.02. The van der Waals surface area contributed by atoms with E-state index in [2.05, 4.69) is 122 Å². The van der Waals surface area contributed by atoms with Crippen LogP contribution in [0.2, 0.25) is 0 Å². The van der Waals surface area contributed by atoms with Crippen LogP contribution in [0, 0.1) is 0 Å². The quantitative estimate of drug-likeness (QED) is 0.147. The van der Waals surface area contributed by atoms with Gasteiger partial charge in [-0.2, -0.15) is 0 Å². The number of hydrogen-bond donors (Lipinski definition) is 0. The number of nitrogens with zero attached hydrogens (tertiary/aromatic N) is 1. The van der Waals surface area contributed by atoms with Gasteiger partial charge in [-0.25, -0.2) is 0 Å². The molecule has 0 amide bonds. The Bertz CT molecular complexity index is 1470. The normalized spacial score (nSPS) is 12.2. The molecular weight excluding hydrogens is 454 g/mol. The van der Waals surface area contributed by atoms with Crippen molar-refractivity contribution in [2.75, 3.05) is 33.4 Å². The average molecular weight is 490 g/mol. The highest BCUT2D eigenvalue weighted by Gasteiger charge is 2.23. The van der Waals surface area contributed by atoms with Crippen LogP contribution in [0.4, 0.5) is 0 Å². The van der Waals surface area contributed by atoms with Crippen molar-refractivity contribution < 1.29 is 9.47 Å². The molecule has 0 fully saturated rings. The second-order valence-corrected chi connectivity index (χ2v) is 9.35. The number of likely N-dealkylation sites (N-methyl/N-ethyl adjacent to an activating group) is 1. The number of hydrogen-bond acceptors (Lipinski definition) is 3. The van der Waals surface area contributed by atoms with Crippen LogP contribution in [0.25, 0.3) is 21.5 Å². The number of fused-ring (bicyclic) bond motifs is 3. The number of methoxy groups -OCH3 is 1. The van der Waals surface area contributed by atoms with Crippen LogP contribution in [0.3, 0.4) is 0 Å². The highest BCUT2D eigenvalue weighted by atomic mass is 16.5. The number of para-hydroxylation sites is 1. The number of benzene rings is 5. The first-order chi connectivity index (χ1) is 18.2. The van der Waals surface area contributed by atoms with Crippen LogP contribution in [-0.4, -0.2) is 38.3 Å². The molecule has 5 rings (SSSR count). The van der Waals surface area contributed by atoms with Gasteiger partial charge in [0.1, 0.15) is 18.1 Å². The molecule has 5 aromatic rings. The molecule has 0 radical (unpaired) electrons. The van der Waals surface area contributed by atoms with Crippen LogP contribution >= 0.6 is 0 Å². The van der Waals surface area contributed by atoms with Crippen molar-refractivity contribution in [3.8, 4) is 11.5 Å². The van der Waals surface area contributed by atoms with E-state index in [0.29, 0.717) is 6.61 Å². The summed E-state index contributed by atoms with van der Waals surface area (Å²) >= 11 is 0. The summed E-state index contributed by atoms with van der Waals surface area (Å²) < 4.78 is 12.0. The monoisotopic (exact) mass is 489 g/mol. The molecule has 0 aromatic heterocycles.